The van der Waals surface area contributed by atoms with Crippen LogP contribution in [0, 0.1) is 5.92 Å². The zero-order chi connectivity index (χ0) is 38.6. The number of hydrogen-bond donors (Lipinski definition) is 4. The van der Waals surface area contributed by atoms with Crippen molar-refractivity contribution in [3.05, 3.63) is 81.2 Å². The van der Waals surface area contributed by atoms with Gasteiger partial charge >= 0.3 is 0 Å². The number of hydrogen-bond acceptors (Lipinski definition) is 11. The molecule has 3 saturated heterocycles. The summed E-state index contributed by atoms with van der Waals surface area (Å²) in [6, 6.07) is 14.6. The van der Waals surface area contributed by atoms with E-state index in [1.54, 1.807) is 19.3 Å². The largest absolute Gasteiger partial charge is 0.478 e. The molecule has 290 valence electrons. The number of rotatable bonds is 10. The summed E-state index contributed by atoms with van der Waals surface area (Å²) >= 11 is 6.54. The SMILES string of the molecule is CNC(=O)COc1cc2cc(Nc3nc(N4CCC(CN5CCN(C(=O)c6cccc(C7CCC(=O)NC7O)c6)CC5)CC4)ncc3Cl)ccc2n(C)c1=O. The monoisotopic (exact) mass is 771 g/mol. The zero-order valence-electron chi connectivity index (χ0n) is 31.0. The lowest BCUT2D eigenvalue weighted by atomic mass is 9.88. The molecule has 2 unspecified atom stereocenters. The van der Waals surface area contributed by atoms with Crippen LogP contribution in [0.5, 0.6) is 5.75 Å². The second-order valence-electron chi connectivity index (χ2n) is 14.4. The minimum atomic E-state index is -0.947. The molecular formula is C39H46ClN9O6. The van der Waals surface area contributed by atoms with Crippen LogP contribution in [0.15, 0.2) is 59.5 Å². The molecule has 7 rings (SSSR count). The number of nitrogens with zero attached hydrogens (tertiary/aromatic N) is 6. The van der Waals surface area contributed by atoms with Crippen LogP contribution >= 0.6 is 11.6 Å². The Kier molecular flexibility index (Phi) is 11.5. The molecule has 16 heteroatoms. The summed E-state index contributed by atoms with van der Waals surface area (Å²) in [7, 11) is 3.16. The molecule has 3 amide bonds. The van der Waals surface area contributed by atoms with Crippen LogP contribution < -0.4 is 31.1 Å². The van der Waals surface area contributed by atoms with Crippen LogP contribution in [0.25, 0.3) is 10.9 Å². The van der Waals surface area contributed by atoms with E-state index in [0.29, 0.717) is 65.4 Å². The molecule has 15 nitrogen and oxygen atoms in total. The summed E-state index contributed by atoms with van der Waals surface area (Å²) < 4.78 is 6.98. The second kappa shape index (κ2) is 16.6. The van der Waals surface area contributed by atoms with Crippen molar-refractivity contribution < 1.29 is 24.2 Å². The van der Waals surface area contributed by atoms with E-state index in [4.69, 9.17) is 21.3 Å². The maximum atomic E-state index is 13.4. The first-order valence-corrected chi connectivity index (χ1v) is 19.0. The second-order valence-corrected chi connectivity index (χ2v) is 14.8. The number of piperazine rings is 1. The Morgan fingerprint density at radius 1 is 1.02 bits per heavy atom. The van der Waals surface area contributed by atoms with Gasteiger partial charge in [-0.2, -0.15) is 4.98 Å². The third-order valence-electron chi connectivity index (χ3n) is 10.8. The summed E-state index contributed by atoms with van der Waals surface area (Å²) in [6.07, 6.45) is 3.54. The molecule has 3 aliphatic heterocycles. The average Bonchev–Trinajstić information content (AvgIpc) is 3.19. The maximum absolute atomic E-state index is 13.4. The van der Waals surface area contributed by atoms with Crippen molar-refractivity contribution in [2.45, 2.75) is 37.8 Å². The van der Waals surface area contributed by atoms with Crippen molar-refractivity contribution in [2.24, 2.45) is 13.0 Å². The molecule has 55 heavy (non-hydrogen) atoms. The van der Waals surface area contributed by atoms with E-state index in [1.807, 2.05) is 47.4 Å². The number of anilines is 3. The maximum Gasteiger partial charge on any atom is 0.293 e. The van der Waals surface area contributed by atoms with Gasteiger partial charge in [0.2, 0.25) is 11.9 Å². The van der Waals surface area contributed by atoms with E-state index in [1.165, 1.54) is 11.6 Å². The first kappa shape index (κ1) is 38.0. The Balaban J connectivity index is 0.911. The summed E-state index contributed by atoms with van der Waals surface area (Å²) in [5, 5.41) is 19.9. The standard InChI is InChI=1S/C39H46ClN9O6/c1-41-34(51)23-55-32-20-27-19-28(6-8-31(27)46(2)38(32)54)43-35-30(40)21-42-39(45-35)49-12-10-24(11-13-49)22-47-14-16-48(17-15-47)37(53)26-5-3-4-25(18-26)29-7-9-33(50)44-36(29)52/h3-6,8,18-21,24,29,36,52H,7,9-17,22-23H2,1-2H3,(H,41,51)(H,44,50)(H,42,43,45). The van der Waals surface area contributed by atoms with Crippen molar-refractivity contribution in [3.63, 3.8) is 0 Å². The molecule has 2 atom stereocenters. The molecule has 5 heterocycles. The summed E-state index contributed by atoms with van der Waals surface area (Å²) in [5.74, 6) is 0.925. The lowest BCUT2D eigenvalue weighted by Crippen LogP contribution is -2.50. The van der Waals surface area contributed by atoms with Gasteiger partial charge in [0.05, 0.1) is 11.7 Å². The highest BCUT2D eigenvalue weighted by molar-refractivity contribution is 6.32. The fourth-order valence-corrected chi connectivity index (χ4v) is 7.75. The van der Waals surface area contributed by atoms with Gasteiger partial charge in [-0.3, -0.25) is 24.1 Å². The van der Waals surface area contributed by atoms with Gasteiger partial charge in [0, 0.05) is 88.9 Å². The van der Waals surface area contributed by atoms with Crippen LogP contribution in [0.4, 0.5) is 17.5 Å². The number of fused-ring (bicyclic) bond motifs is 1. The van der Waals surface area contributed by atoms with Crippen LogP contribution in [0.3, 0.4) is 0 Å². The van der Waals surface area contributed by atoms with E-state index in [9.17, 15) is 24.3 Å². The Bertz CT molecular complexity index is 2130. The van der Waals surface area contributed by atoms with Gasteiger partial charge in [0.25, 0.3) is 17.4 Å². The topological polar surface area (TPSA) is 174 Å². The van der Waals surface area contributed by atoms with Crippen LogP contribution in [0.1, 0.15) is 47.5 Å². The number of nitrogens with one attached hydrogen (secondary N) is 3. The van der Waals surface area contributed by atoms with Crippen LogP contribution in [0.2, 0.25) is 5.02 Å². The predicted octanol–water partition coefficient (Wildman–Crippen LogP) is 2.84. The average molecular weight is 772 g/mol. The van der Waals surface area contributed by atoms with Crippen molar-refractivity contribution in [3.8, 4) is 5.75 Å². The number of aromatic nitrogens is 3. The van der Waals surface area contributed by atoms with E-state index < -0.39 is 6.23 Å². The number of aliphatic hydroxyl groups is 1. The van der Waals surface area contributed by atoms with Crippen molar-refractivity contribution in [2.75, 3.05) is 69.7 Å². The highest BCUT2D eigenvalue weighted by atomic mass is 35.5. The molecule has 0 saturated carbocycles. The molecule has 2 aromatic carbocycles. The number of carbonyl (C=O) groups is 3. The van der Waals surface area contributed by atoms with Crippen LogP contribution in [-0.2, 0) is 16.6 Å². The quantitative estimate of drug-likeness (QED) is 0.187. The Hall–Kier alpha value is -5.25. The lowest BCUT2D eigenvalue weighted by Gasteiger charge is -2.39. The number of carbonyl (C=O) groups excluding carboxylic acids is 3. The molecule has 0 aliphatic carbocycles. The molecule has 2 aromatic heterocycles. The number of likely N-dealkylation sites (N-methyl/N-ethyl adjacent to an activating group) is 1. The first-order chi connectivity index (χ1) is 26.6. The highest BCUT2D eigenvalue weighted by Crippen LogP contribution is 2.31. The number of aliphatic hydroxyl groups excluding tert-OH is 1. The van der Waals surface area contributed by atoms with Crippen molar-refractivity contribution in [1.82, 2.24) is 35.0 Å². The number of halogens is 1. The van der Waals surface area contributed by atoms with Gasteiger partial charge < -0.3 is 40.2 Å². The van der Waals surface area contributed by atoms with E-state index in [2.05, 4.69) is 30.7 Å². The van der Waals surface area contributed by atoms with Gasteiger partial charge in [0.1, 0.15) is 11.3 Å². The van der Waals surface area contributed by atoms with Crippen molar-refractivity contribution >= 4 is 57.7 Å². The molecule has 0 bridgehead atoms. The Morgan fingerprint density at radius 3 is 2.55 bits per heavy atom. The van der Waals surface area contributed by atoms with E-state index in [0.717, 1.165) is 56.5 Å². The number of piperidine rings is 2. The summed E-state index contributed by atoms with van der Waals surface area (Å²) in [5.41, 5.74) is 2.54. The first-order valence-electron chi connectivity index (χ1n) is 18.7. The number of benzene rings is 2. The molecule has 3 fully saturated rings. The normalized spacial score (nSPS) is 19.6. The number of ether oxygens (including phenoxy) is 1. The lowest BCUT2D eigenvalue weighted by molar-refractivity contribution is -0.127. The molecule has 4 aromatic rings. The number of pyridine rings is 1. The van der Waals surface area contributed by atoms with Gasteiger partial charge in [0.15, 0.2) is 18.2 Å². The Labute approximate surface area is 323 Å². The van der Waals surface area contributed by atoms with E-state index >= 15 is 0 Å². The fourth-order valence-electron chi connectivity index (χ4n) is 7.61. The summed E-state index contributed by atoms with van der Waals surface area (Å²) in [6.45, 7) is 5.25. The third kappa shape index (κ3) is 8.69. The predicted molar refractivity (Wildman–Crippen MR) is 209 cm³/mol. The summed E-state index contributed by atoms with van der Waals surface area (Å²) in [4.78, 5) is 65.4. The van der Waals surface area contributed by atoms with Gasteiger partial charge in [-0.1, -0.05) is 23.7 Å². The molecule has 0 radical (unpaired) electrons. The van der Waals surface area contributed by atoms with Gasteiger partial charge in [-0.05, 0) is 67.1 Å². The number of aryl methyl sites for hydroxylation is 1. The minimum Gasteiger partial charge on any atom is -0.478 e. The highest BCUT2D eigenvalue weighted by Gasteiger charge is 2.30. The van der Waals surface area contributed by atoms with E-state index in [-0.39, 0.29) is 41.6 Å². The zero-order valence-corrected chi connectivity index (χ0v) is 31.7. The molecular weight excluding hydrogens is 726 g/mol. The Morgan fingerprint density at radius 2 is 1.80 bits per heavy atom. The van der Waals surface area contributed by atoms with Crippen LogP contribution in [-0.4, -0.2) is 113 Å². The van der Waals surface area contributed by atoms with Gasteiger partial charge in [-0.25, -0.2) is 4.98 Å². The number of amides is 3. The molecule has 0 spiro atoms. The smallest absolute Gasteiger partial charge is 0.293 e. The van der Waals surface area contributed by atoms with Crippen molar-refractivity contribution in [1.29, 1.82) is 0 Å². The minimum absolute atomic E-state index is 0.00763. The third-order valence-corrected chi connectivity index (χ3v) is 11.1. The van der Waals surface area contributed by atoms with Gasteiger partial charge in [-0.15, -0.1) is 0 Å². The molecule has 4 N–H and O–H groups in total. The molecule has 3 aliphatic rings. The fraction of sp³-hybridized carbons (Fsp3) is 0.436.